The standard InChI is InChI=1S/C12H23N3O3/c1-4-12(2,13)9(14-11(17)18-3)10(16)15-7-5-6-8-15/h9H,4-8,13H2,1-3H3,(H,14,17)/t9?,12-/m1/s1. The van der Waals surface area contributed by atoms with Gasteiger partial charge >= 0.3 is 6.09 Å². The second-order valence-electron chi connectivity index (χ2n) is 4.96. The molecule has 1 aliphatic heterocycles. The smallest absolute Gasteiger partial charge is 0.407 e. The summed E-state index contributed by atoms with van der Waals surface area (Å²) in [5.74, 6) is -0.121. The van der Waals surface area contributed by atoms with Crippen molar-refractivity contribution in [1.29, 1.82) is 0 Å². The SMILES string of the molecule is CC[C@@](C)(N)C(NC(=O)OC)C(=O)N1CCCC1. The first-order chi connectivity index (χ1) is 8.42. The van der Waals surface area contributed by atoms with E-state index in [1.807, 2.05) is 6.92 Å². The Hall–Kier alpha value is -1.30. The van der Waals surface area contributed by atoms with E-state index in [9.17, 15) is 9.59 Å². The summed E-state index contributed by atoms with van der Waals surface area (Å²) in [6.45, 7) is 5.13. The summed E-state index contributed by atoms with van der Waals surface area (Å²) >= 11 is 0. The van der Waals surface area contributed by atoms with Gasteiger partial charge in [-0.25, -0.2) is 4.79 Å². The van der Waals surface area contributed by atoms with Gasteiger partial charge in [0, 0.05) is 18.6 Å². The molecule has 0 aromatic rings. The predicted octanol–water partition coefficient (Wildman–Crippen LogP) is 0.461. The zero-order valence-corrected chi connectivity index (χ0v) is 11.4. The lowest BCUT2D eigenvalue weighted by Crippen LogP contribution is -2.63. The van der Waals surface area contributed by atoms with Crippen LogP contribution in [0.4, 0.5) is 4.79 Å². The third-order valence-corrected chi connectivity index (χ3v) is 3.53. The molecule has 6 nitrogen and oxygen atoms in total. The van der Waals surface area contributed by atoms with Crippen molar-refractivity contribution in [2.24, 2.45) is 5.73 Å². The van der Waals surface area contributed by atoms with Crippen LogP contribution >= 0.6 is 0 Å². The fraction of sp³-hybridized carbons (Fsp3) is 0.833. The first-order valence-corrected chi connectivity index (χ1v) is 6.34. The average Bonchev–Trinajstić information content (AvgIpc) is 2.88. The van der Waals surface area contributed by atoms with E-state index in [-0.39, 0.29) is 5.91 Å². The zero-order valence-electron chi connectivity index (χ0n) is 11.4. The summed E-state index contributed by atoms with van der Waals surface area (Å²) in [5, 5.41) is 2.56. The Morgan fingerprint density at radius 3 is 2.44 bits per heavy atom. The maximum atomic E-state index is 12.4. The van der Waals surface area contributed by atoms with Crippen molar-refractivity contribution >= 4 is 12.0 Å². The molecule has 0 aromatic carbocycles. The summed E-state index contributed by atoms with van der Waals surface area (Å²) in [5.41, 5.74) is 5.33. The van der Waals surface area contributed by atoms with Crippen molar-refractivity contribution in [3.05, 3.63) is 0 Å². The lowest BCUT2D eigenvalue weighted by atomic mass is 9.89. The summed E-state index contributed by atoms with van der Waals surface area (Å²) in [6.07, 6.45) is 1.97. The van der Waals surface area contributed by atoms with Crippen LogP contribution in [0.2, 0.25) is 0 Å². The first-order valence-electron chi connectivity index (χ1n) is 6.34. The molecule has 6 heteroatoms. The molecule has 18 heavy (non-hydrogen) atoms. The van der Waals surface area contributed by atoms with Crippen molar-refractivity contribution in [2.75, 3.05) is 20.2 Å². The molecular weight excluding hydrogens is 234 g/mol. The highest BCUT2D eigenvalue weighted by molar-refractivity contribution is 5.87. The maximum absolute atomic E-state index is 12.4. The molecule has 0 bridgehead atoms. The molecule has 1 fully saturated rings. The Balaban J connectivity index is 2.82. The van der Waals surface area contributed by atoms with Crippen molar-refractivity contribution in [3.8, 4) is 0 Å². The quantitative estimate of drug-likeness (QED) is 0.766. The van der Waals surface area contributed by atoms with Gasteiger partial charge in [0.25, 0.3) is 0 Å². The summed E-state index contributed by atoms with van der Waals surface area (Å²) in [6, 6.07) is -0.743. The molecule has 0 spiro atoms. The Morgan fingerprint density at radius 2 is 2.00 bits per heavy atom. The van der Waals surface area contributed by atoms with E-state index in [0.29, 0.717) is 6.42 Å². The number of carbonyl (C=O) groups is 2. The van der Waals surface area contributed by atoms with Crippen LogP contribution in [0.1, 0.15) is 33.1 Å². The number of amides is 2. The van der Waals surface area contributed by atoms with Crippen LogP contribution in [0.25, 0.3) is 0 Å². The Kier molecular flexibility index (Phi) is 4.95. The van der Waals surface area contributed by atoms with Crippen LogP contribution < -0.4 is 11.1 Å². The molecular formula is C12H23N3O3. The molecule has 1 saturated heterocycles. The highest BCUT2D eigenvalue weighted by atomic mass is 16.5. The Morgan fingerprint density at radius 1 is 1.44 bits per heavy atom. The van der Waals surface area contributed by atoms with Crippen LogP contribution in [-0.2, 0) is 9.53 Å². The Labute approximate surface area is 108 Å². The topological polar surface area (TPSA) is 84.7 Å². The first kappa shape index (κ1) is 14.8. The van der Waals surface area contributed by atoms with Crippen molar-refractivity contribution in [2.45, 2.75) is 44.7 Å². The van der Waals surface area contributed by atoms with Crippen LogP contribution in [0, 0.1) is 0 Å². The second kappa shape index (κ2) is 6.04. The second-order valence-corrected chi connectivity index (χ2v) is 4.96. The fourth-order valence-corrected chi connectivity index (χ4v) is 2.01. The molecule has 0 saturated carbocycles. The van der Waals surface area contributed by atoms with E-state index in [1.54, 1.807) is 11.8 Å². The highest BCUT2D eigenvalue weighted by Crippen LogP contribution is 2.17. The molecule has 1 aliphatic rings. The van der Waals surface area contributed by atoms with Crippen molar-refractivity contribution < 1.29 is 14.3 Å². The Bertz CT molecular complexity index is 312. The summed E-state index contributed by atoms with van der Waals surface area (Å²) in [4.78, 5) is 25.5. The number of nitrogens with one attached hydrogen (secondary N) is 1. The molecule has 0 radical (unpaired) electrons. The third-order valence-electron chi connectivity index (χ3n) is 3.53. The zero-order chi connectivity index (χ0) is 13.8. The molecule has 0 aliphatic carbocycles. The van der Waals surface area contributed by atoms with Gasteiger partial charge in [-0.1, -0.05) is 6.92 Å². The van der Waals surface area contributed by atoms with E-state index < -0.39 is 17.7 Å². The average molecular weight is 257 g/mol. The largest absolute Gasteiger partial charge is 0.453 e. The minimum atomic E-state index is -0.784. The van der Waals surface area contributed by atoms with Crippen LogP contribution in [-0.4, -0.2) is 48.7 Å². The van der Waals surface area contributed by atoms with Gasteiger partial charge in [0.2, 0.25) is 5.91 Å². The number of rotatable bonds is 4. The van der Waals surface area contributed by atoms with E-state index in [4.69, 9.17) is 5.73 Å². The van der Waals surface area contributed by atoms with E-state index in [2.05, 4.69) is 10.1 Å². The number of ether oxygens (including phenoxy) is 1. The van der Waals surface area contributed by atoms with Crippen molar-refractivity contribution in [3.63, 3.8) is 0 Å². The number of carbonyl (C=O) groups excluding carboxylic acids is 2. The monoisotopic (exact) mass is 257 g/mol. The molecule has 2 atom stereocenters. The minimum absolute atomic E-state index is 0.121. The molecule has 104 valence electrons. The lowest BCUT2D eigenvalue weighted by molar-refractivity contribution is -0.133. The van der Waals surface area contributed by atoms with Gasteiger partial charge in [0.05, 0.1) is 7.11 Å². The molecule has 1 unspecified atom stereocenters. The van der Waals surface area contributed by atoms with Gasteiger partial charge in [-0.15, -0.1) is 0 Å². The number of alkyl carbamates (subject to hydrolysis) is 1. The van der Waals surface area contributed by atoms with Crippen molar-refractivity contribution in [1.82, 2.24) is 10.2 Å². The van der Waals surface area contributed by atoms with Gasteiger partial charge in [-0.2, -0.15) is 0 Å². The van der Waals surface area contributed by atoms with Gasteiger partial charge in [0.15, 0.2) is 0 Å². The number of hydrogen-bond donors (Lipinski definition) is 2. The predicted molar refractivity (Wildman–Crippen MR) is 68.0 cm³/mol. The van der Waals surface area contributed by atoms with Crippen LogP contribution in [0.3, 0.4) is 0 Å². The van der Waals surface area contributed by atoms with Gasteiger partial charge in [-0.05, 0) is 26.2 Å². The summed E-state index contributed by atoms with van der Waals surface area (Å²) in [7, 11) is 1.27. The van der Waals surface area contributed by atoms with Crippen LogP contribution in [0.5, 0.6) is 0 Å². The molecule has 3 N–H and O–H groups in total. The number of likely N-dealkylation sites (tertiary alicyclic amines) is 1. The fourth-order valence-electron chi connectivity index (χ4n) is 2.01. The maximum Gasteiger partial charge on any atom is 0.407 e. The van der Waals surface area contributed by atoms with E-state index >= 15 is 0 Å². The number of hydrogen-bond acceptors (Lipinski definition) is 4. The van der Waals surface area contributed by atoms with E-state index in [0.717, 1.165) is 25.9 Å². The molecule has 2 amide bonds. The van der Waals surface area contributed by atoms with Gasteiger partial charge < -0.3 is 20.7 Å². The minimum Gasteiger partial charge on any atom is -0.453 e. The highest BCUT2D eigenvalue weighted by Gasteiger charge is 2.39. The third kappa shape index (κ3) is 3.35. The van der Waals surface area contributed by atoms with Crippen LogP contribution in [0.15, 0.2) is 0 Å². The lowest BCUT2D eigenvalue weighted by Gasteiger charge is -2.34. The molecule has 1 heterocycles. The number of nitrogens with two attached hydrogens (primary N) is 1. The van der Waals surface area contributed by atoms with Gasteiger partial charge in [0.1, 0.15) is 6.04 Å². The van der Waals surface area contributed by atoms with E-state index in [1.165, 1.54) is 7.11 Å². The summed E-state index contributed by atoms with van der Waals surface area (Å²) < 4.78 is 4.56. The number of nitrogens with zero attached hydrogens (tertiary/aromatic N) is 1. The molecule has 1 rings (SSSR count). The number of methoxy groups -OCH3 is 1. The van der Waals surface area contributed by atoms with Gasteiger partial charge in [-0.3, -0.25) is 4.79 Å². The molecule has 0 aromatic heterocycles. The normalized spacial score (nSPS) is 20.1.